The third-order valence-electron chi connectivity index (χ3n) is 10.0. The zero-order valence-electron chi connectivity index (χ0n) is 29.5. The first kappa shape index (κ1) is 39.7. The van der Waals surface area contributed by atoms with E-state index in [4.69, 9.17) is 14.2 Å². The van der Waals surface area contributed by atoms with E-state index in [1.807, 2.05) is 30.3 Å². The van der Waals surface area contributed by atoms with E-state index in [2.05, 4.69) is 41.3 Å². The number of fused-ring (bicyclic) bond motifs is 1. The van der Waals surface area contributed by atoms with E-state index in [1.165, 1.54) is 7.11 Å². The van der Waals surface area contributed by atoms with Gasteiger partial charge in [0.05, 0.1) is 30.6 Å². The van der Waals surface area contributed by atoms with E-state index in [-0.39, 0.29) is 42.2 Å². The van der Waals surface area contributed by atoms with Crippen LogP contribution in [-0.4, -0.2) is 107 Å². The predicted octanol–water partition coefficient (Wildman–Crippen LogP) is 4.48. The molecule has 0 radical (unpaired) electrons. The molecule has 4 rings (SSSR count). The lowest BCUT2D eigenvalue weighted by Gasteiger charge is -2.37. The molecule has 1 aromatic rings. The SMILES string of the molecule is C=CCCC(=O)N[C@H](COC)[C@H](OC(=O)[C@@H]1[C@H]2O[C@@]3(CC2Br)[C@H](C(=O)N(CC=C)CCCC)N(CCCCCCO)C(=O)[C@@H]13)c1ccccc1. The molecular weight excluding hydrogens is 706 g/mol. The van der Waals surface area contributed by atoms with E-state index in [9.17, 15) is 24.3 Å². The highest BCUT2D eigenvalue weighted by molar-refractivity contribution is 9.09. The van der Waals surface area contributed by atoms with Gasteiger partial charge in [0, 0.05) is 44.6 Å². The summed E-state index contributed by atoms with van der Waals surface area (Å²) in [4.78, 5) is 59.6. The molecule has 3 aliphatic heterocycles. The number of aliphatic hydroxyl groups excluding tert-OH is 1. The summed E-state index contributed by atoms with van der Waals surface area (Å²) in [5, 5.41) is 12.2. The minimum absolute atomic E-state index is 0.0716. The Bertz CT molecular complexity index is 1330. The number of nitrogens with one attached hydrogen (secondary N) is 1. The second-order valence-corrected chi connectivity index (χ2v) is 14.7. The van der Waals surface area contributed by atoms with Gasteiger partial charge in [0.15, 0.2) is 0 Å². The van der Waals surface area contributed by atoms with E-state index in [1.54, 1.807) is 22.0 Å². The smallest absolute Gasteiger partial charge is 0.313 e. The molecule has 3 saturated heterocycles. The number of methoxy groups -OCH3 is 1. The number of aliphatic hydroxyl groups is 1. The first-order valence-corrected chi connectivity index (χ1v) is 18.9. The van der Waals surface area contributed by atoms with Gasteiger partial charge < -0.3 is 34.4 Å². The van der Waals surface area contributed by atoms with Gasteiger partial charge in [-0.25, -0.2) is 0 Å². The van der Waals surface area contributed by atoms with E-state index in [0.29, 0.717) is 50.9 Å². The monoisotopic (exact) mass is 759 g/mol. The van der Waals surface area contributed by atoms with Crippen molar-refractivity contribution < 1.29 is 38.5 Å². The Balaban J connectivity index is 1.69. The highest BCUT2D eigenvalue weighted by Gasteiger charge is 2.77. The Kier molecular flexibility index (Phi) is 15.1. The van der Waals surface area contributed by atoms with Gasteiger partial charge in [-0.15, -0.1) is 13.2 Å². The van der Waals surface area contributed by atoms with Crippen LogP contribution in [0.5, 0.6) is 0 Å². The second-order valence-electron chi connectivity index (χ2n) is 13.5. The molecule has 3 heterocycles. The number of rotatable bonds is 22. The van der Waals surface area contributed by atoms with Gasteiger partial charge in [-0.1, -0.05) is 84.6 Å². The molecule has 3 fully saturated rings. The van der Waals surface area contributed by atoms with Crippen LogP contribution in [0.25, 0.3) is 0 Å². The number of ether oxygens (including phenoxy) is 3. The highest BCUT2D eigenvalue weighted by Crippen LogP contribution is 2.60. The Morgan fingerprint density at radius 2 is 1.90 bits per heavy atom. The molecule has 12 heteroatoms. The fourth-order valence-corrected chi connectivity index (χ4v) is 8.70. The van der Waals surface area contributed by atoms with Gasteiger partial charge in [-0.3, -0.25) is 19.2 Å². The predicted molar refractivity (Wildman–Crippen MR) is 193 cm³/mol. The van der Waals surface area contributed by atoms with Crippen LogP contribution in [-0.2, 0) is 33.4 Å². The third kappa shape index (κ3) is 8.69. The van der Waals surface area contributed by atoms with Crippen molar-refractivity contribution in [3.05, 3.63) is 61.2 Å². The lowest BCUT2D eigenvalue weighted by molar-refractivity contribution is -0.163. The molecule has 0 aliphatic carbocycles. The van der Waals surface area contributed by atoms with Gasteiger partial charge in [-0.05, 0) is 37.7 Å². The highest BCUT2D eigenvalue weighted by atomic mass is 79.9. The summed E-state index contributed by atoms with van der Waals surface area (Å²) in [6.45, 7) is 11.0. The first-order valence-electron chi connectivity index (χ1n) is 18.0. The molecule has 1 unspecified atom stereocenters. The fourth-order valence-electron chi connectivity index (χ4n) is 7.76. The van der Waals surface area contributed by atoms with Crippen LogP contribution in [0.15, 0.2) is 55.6 Å². The second kappa shape index (κ2) is 19.0. The van der Waals surface area contributed by atoms with Crippen molar-refractivity contribution in [1.82, 2.24) is 15.1 Å². The van der Waals surface area contributed by atoms with Crippen molar-refractivity contribution in [2.75, 3.05) is 40.0 Å². The standard InChI is InChI=1S/C38H54BrN3O8/c1-5-8-19-29(44)40-28(25-48-4)32(26-17-13-12-14-18-26)49-37(47)30-31-35(45)42(22-15-10-11-16-23-43)34(38(31)24-27(39)33(30)50-38)36(46)41(20-7-3)21-9-6-2/h5,7,12-14,17-18,27-28,30-34,43H,1,3,6,8-11,15-16,19-25H2,2,4H3,(H,40,44)/t27?,28-,30+,31-,32-,33+,34+,38-/m1/s1. The van der Waals surface area contributed by atoms with Crippen molar-refractivity contribution in [2.45, 2.75) is 99.4 Å². The maximum absolute atomic E-state index is 14.6. The topological polar surface area (TPSA) is 135 Å². The summed E-state index contributed by atoms with van der Waals surface area (Å²) in [6.07, 6.45) is 7.41. The van der Waals surface area contributed by atoms with Crippen LogP contribution in [0.1, 0.15) is 76.4 Å². The molecule has 3 amide bonds. The Labute approximate surface area is 304 Å². The van der Waals surface area contributed by atoms with Crippen LogP contribution < -0.4 is 5.32 Å². The van der Waals surface area contributed by atoms with Gasteiger partial charge in [0.2, 0.25) is 17.7 Å². The van der Waals surface area contributed by atoms with Crippen molar-refractivity contribution in [2.24, 2.45) is 11.8 Å². The van der Waals surface area contributed by atoms with Crippen LogP contribution in [0.3, 0.4) is 0 Å². The van der Waals surface area contributed by atoms with Gasteiger partial charge in [0.25, 0.3) is 0 Å². The van der Waals surface area contributed by atoms with E-state index >= 15 is 0 Å². The molecule has 2 bridgehead atoms. The summed E-state index contributed by atoms with van der Waals surface area (Å²) >= 11 is 3.75. The van der Waals surface area contributed by atoms with Crippen LogP contribution in [0.4, 0.5) is 0 Å². The quantitative estimate of drug-likeness (QED) is 0.0766. The lowest BCUT2D eigenvalue weighted by atomic mass is 9.70. The summed E-state index contributed by atoms with van der Waals surface area (Å²) in [7, 11) is 1.51. The average Bonchev–Trinajstić information content (AvgIpc) is 3.70. The van der Waals surface area contributed by atoms with Gasteiger partial charge in [0.1, 0.15) is 17.7 Å². The summed E-state index contributed by atoms with van der Waals surface area (Å²) in [5.74, 6) is -3.25. The van der Waals surface area contributed by atoms with Crippen LogP contribution >= 0.6 is 15.9 Å². The van der Waals surface area contributed by atoms with Crippen LogP contribution in [0, 0.1) is 11.8 Å². The van der Waals surface area contributed by atoms with Crippen molar-refractivity contribution in [1.29, 1.82) is 0 Å². The zero-order valence-corrected chi connectivity index (χ0v) is 31.1. The minimum Gasteiger partial charge on any atom is -0.455 e. The van der Waals surface area contributed by atoms with E-state index in [0.717, 1.165) is 25.7 Å². The lowest BCUT2D eigenvalue weighted by Crippen LogP contribution is -2.57. The average molecular weight is 761 g/mol. The van der Waals surface area contributed by atoms with Crippen molar-refractivity contribution in [3.63, 3.8) is 0 Å². The molecular formula is C38H54BrN3O8. The number of esters is 1. The molecule has 0 saturated carbocycles. The maximum Gasteiger partial charge on any atom is 0.313 e. The van der Waals surface area contributed by atoms with Crippen molar-refractivity contribution >= 4 is 39.6 Å². The summed E-state index contributed by atoms with van der Waals surface area (Å²) in [6, 6.07) is 7.52. The van der Waals surface area contributed by atoms with Gasteiger partial charge in [-0.2, -0.15) is 0 Å². The molecule has 0 aromatic heterocycles. The summed E-state index contributed by atoms with van der Waals surface area (Å²) in [5.41, 5.74) is -0.562. The zero-order chi connectivity index (χ0) is 36.3. The van der Waals surface area contributed by atoms with Crippen molar-refractivity contribution in [3.8, 4) is 0 Å². The normalized spacial score (nSPS) is 26.3. The molecule has 8 atom stereocenters. The summed E-state index contributed by atoms with van der Waals surface area (Å²) < 4.78 is 18.5. The first-order chi connectivity index (χ1) is 24.2. The third-order valence-corrected chi connectivity index (χ3v) is 10.9. The largest absolute Gasteiger partial charge is 0.455 e. The number of unbranched alkanes of at least 4 members (excludes halogenated alkanes) is 4. The molecule has 2 N–H and O–H groups in total. The number of alkyl halides is 1. The number of likely N-dealkylation sites (tertiary alicyclic amines) is 1. The number of halogens is 1. The number of carbonyl (C=O) groups excluding carboxylic acids is 4. The Morgan fingerprint density at radius 1 is 1.16 bits per heavy atom. The number of nitrogens with zero attached hydrogens (tertiary/aromatic N) is 2. The Hall–Kier alpha value is -3.06. The number of benzene rings is 1. The number of amides is 3. The fraction of sp³-hybridized carbons (Fsp3) is 0.632. The molecule has 50 heavy (non-hydrogen) atoms. The minimum atomic E-state index is -1.22. The molecule has 276 valence electrons. The van der Waals surface area contributed by atoms with Crippen LogP contribution in [0.2, 0.25) is 0 Å². The maximum atomic E-state index is 14.6. The van der Waals surface area contributed by atoms with Gasteiger partial charge >= 0.3 is 5.97 Å². The Morgan fingerprint density at radius 3 is 2.56 bits per heavy atom. The molecule has 11 nitrogen and oxygen atoms in total. The number of allylic oxidation sites excluding steroid dienone is 1. The number of hydrogen-bond donors (Lipinski definition) is 2. The molecule has 1 spiro atoms. The molecule has 1 aromatic carbocycles. The van der Waals surface area contributed by atoms with E-state index < -0.39 is 47.7 Å². The molecule has 3 aliphatic rings. The number of carbonyl (C=O) groups is 4. The number of hydrogen-bond acceptors (Lipinski definition) is 8.